The summed E-state index contributed by atoms with van der Waals surface area (Å²) in [6, 6.07) is 8.13. The molecule has 0 bridgehead atoms. The van der Waals surface area contributed by atoms with E-state index in [0.29, 0.717) is 28.2 Å². The first-order valence-electron chi connectivity index (χ1n) is 8.24. The fourth-order valence-electron chi connectivity index (χ4n) is 2.83. The lowest BCUT2D eigenvalue weighted by Gasteiger charge is -2.11. The molecular weight excluding hydrogens is 393 g/mol. The van der Waals surface area contributed by atoms with Crippen LogP contribution in [0.25, 0.3) is 10.9 Å². The number of halogens is 3. The molecule has 29 heavy (non-hydrogen) atoms. The lowest BCUT2D eigenvalue weighted by molar-refractivity contribution is -0.274. The number of hydrogen-bond acceptors (Lipinski definition) is 5. The molecule has 1 heterocycles. The Morgan fingerprint density at radius 1 is 1.00 bits per heavy atom. The average Bonchev–Trinajstić information content (AvgIpc) is 3.11. The number of rotatable bonds is 6. The van der Waals surface area contributed by atoms with E-state index in [0.717, 1.165) is 12.1 Å². The molecule has 2 N–H and O–H groups in total. The van der Waals surface area contributed by atoms with Crippen molar-refractivity contribution in [2.24, 2.45) is 0 Å². The number of fused-ring (bicyclic) bond motifs is 1. The molecule has 3 rings (SSSR count). The summed E-state index contributed by atoms with van der Waals surface area (Å²) in [7, 11) is 4.39. The van der Waals surface area contributed by atoms with Crippen LogP contribution in [0.4, 0.5) is 18.9 Å². The molecule has 0 aliphatic rings. The Bertz CT molecular complexity index is 1050. The van der Waals surface area contributed by atoms with Crippen LogP contribution in [0.15, 0.2) is 36.4 Å². The van der Waals surface area contributed by atoms with Crippen molar-refractivity contribution < 1.29 is 36.9 Å². The molecule has 7 nitrogen and oxygen atoms in total. The standard InChI is InChI=1S/C19H17F3N2O5/c1-26-14-9-15(27-2)17(28-3)16-12(14)8-13(24-16)18(25)23-10-5-4-6-11(7-10)29-19(20,21)22/h4-9,24H,1-3H3,(H,23,25). The maximum Gasteiger partial charge on any atom is 0.573 e. The summed E-state index contributed by atoms with van der Waals surface area (Å²) >= 11 is 0. The van der Waals surface area contributed by atoms with E-state index in [9.17, 15) is 18.0 Å². The second-order valence-electron chi connectivity index (χ2n) is 5.82. The zero-order valence-corrected chi connectivity index (χ0v) is 15.6. The van der Waals surface area contributed by atoms with Crippen LogP contribution >= 0.6 is 0 Å². The van der Waals surface area contributed by atoms with Gasteiger partial charge < -0.3 is 29.2 Å². The number of aromatic amines is 1. The van der Waals surface area contributed by atoms with Gasteiger partial charge in [0.15, 0.2) is 11.5 Å². The van der Waals surface area contributed by atoms with Gasteiger partial charge in [-0.25, -0.2) is 0 Å². The van der Waals surface area contributed by atoms with Crippen molar-refractivity contribution in [2.45, 2.75) is 6.36 Å². The van der Waals surface area contributed by atoms with Gasteiger partial charge in [0.05, 0.1) is 26.8 Å². The van der Waals surface area contributed by atoms with Crippen LogP contribution in [0.3, 0.4) is 0 Å². The summed E-state index contributed by atoms with van der Waals surface area (Å²) in [6.45, 7) is 0. The molecule has 1 amide bonds. The quantitative estimate of drug-likeness (QED) is 0.632. The van der Waals surface area contributed by atoms with Crippen molar-refractivity contribution in [3.8, 4) is 23.0 Å². The monoisotopic (exact) mass is 410 g/mol. The van der Waals surface area contributed by atoms with E-state index in [-0.39, 0.29) is 11.4 Å². The summed E-state index contributed by atoms with van der Waals surface area (Å²) < 4.78 is 56.9. The molecule has 0 fully saturated rings. The lowest BCUT2D eigenvalue weighted by Crippen LogP contribution is -2.17. The molecule has 0 atom stereocenters. The van der Waals surface area contributed by atoms with Gasteiger partial charge in [-0.3, -0.25) is 4.79 Å². The van der Waals surface area contributed by atoms with Gasteiger partial charge in [0.25, 0.3) is 5.91 Å². The predicted molar refractivity (Wildman–Crippen MR) is 99.0 cm³/mol. The highest BCUT2D eigenvalue weighted by atomic mass is 19.4. The highest BCUT2D eigenvalue weighted by Crippen LogP contribution is 2.41. The van der Waals surface area contributed by atoms with Crippen molar-refractivity contribution >= 4 is 22.5 Å². The molecule has 3 aromatic rings. The highest BCUT2D eigenvalue weighted by molar-refractivity contribution is 6.08. The highest BCUT2D eigenvalue weighted by Gasteiger charge is 2.31. The number of ether oxygens (including phenoxy) is 4. The molecule has 0 unspecified atom stereocenters. The Morgan fingerprint density at radius 2 is 1.72 bits per heavy atom. The van der Waals surface area contributed by atoms with Crippen molar-refractivity contribution in [1.82, 2.24) is 4.98 Å². The van der Waals surface area contributed by atoms with Crippen LogP contribution in [0, 0.1) is 0 Å². The first kappa shape index (κ1) is 20.2. The summed E-state index contributed by atoms with van der Waals surface area (Å²) in [4.78, 5) is 15.5. The number of alkyl halides is 3. The third-order valence-corrected chi connectivity index (χ3v) is 4.01. The fourth-order valence-corrected chi connectivity index (χ4v) is 2.83. The SMILES string of the molecule is COc1cc(OC)c2cc(C(=O)Nc3cccc(OC(F)(F)F)c3)[nH]c2c1OC. The zero-order chi connectivity index (χ0) is 21.2. The number of methoxy groups -OCH3 is 3. The van der Waals surface area contributed by atoms with E-state index in [1.807, 2.05) is 0 Å². The van der Waals surface area contributed by atoms with Gasteiger partial charge in [0.2, 0.25) is 0 Å². The molecule has 10 heteroatoms. The minimum atomic E-state index is -4.83. The fraction of sp³-hybridized carbons (Fsp3) is 0.211. The second kappa shape index (κ2) is 7.82. The number of anilines is 1. The molecule has 2 aromatic carbocycles. The zero-order valence-electron chi connectivity index (χ0n) is 15.6. The van der Waals surface area contributed by atoms with E-state index >= 15 is 0 Å². The maximum atomic E-state index is 12.6. The van der Waals surface area contributed by atoms with Gasteiger partial charge in [0, 0.05) is 23.2 Å². The molecule has 0 aliphatic heterocycles. The third-order valence-electron chi connectivity index (χ3n) is 4.01. The average molecular weight is 410 g/mol. The van der Waals surface area contributed by atoms with Crippen LogP contribution < -0.4 is 24.3 Å². The number of carbonyl (C=O) groups excluding carboxylic acids is 1. The van der Waals surface area contributed by atoms with Crippen LogP contribution in [0.1, 0.15) is 10.5 Å². The number of aromatic nitrogens is 1. The number of hydrogen-bond donors (Lipinski definition) is 2. The van der Waals surface area contributed by atoms with Gasteiger partial charge in [-0.2, -0.15) is 0 Å². The first-order chi connectivity index (χ1) is 13.8. The smallest absolute Gasteiger partial charge is 0.496 e. The third kappa shape index (κ3) is 4.31. The van der Waals surface area contributed by atoms with E-state index < -0.39 is 18.0 Å². The topological polar surface area (TPSA) is 81.8 Å². The Labute approximate surface area is 163 Å². The maximum absolute atomic E-state index is 12.6. The lowest BCUT2D eigenvalue weighted by atomic mass is 10.2. The molecule has 0 radical (unpaired) electrons. The molecule has 0 spiro atoms. The van der Waals surface area contributed by atoms with Crippen LogP contribution in [-0.2, 0) is 0 Å². The van der Waals surface area contributed by atoms with Gasteiger partial charge in [0.1, 0.15) is 17.2 Å². The number of amides is 1. The van der Waals surface area contributed by atoms with Gasteiger partial charge >= 0.3 is 6.36 Å². The summed E-state index contributed by atoms with van der Waals surface area (Å²) in [6.07, 6.45) is -4.83. The normalized spacial score (nSPS) is 11.2. The van der Waals surface area contributed by atoms with E-state index in [4.69, 9.17) is 14.2 Å². The van der Waals surface area contributed by atoms with E-state index in [2.05, 4.69) is 15.0 Å². The number of H-pyrrole nitrogens is 1. The van der Waals surface area contributed by atoms with Gasteiger partial charge in [-0.15, -0.1) is 13.2 Å². The van der Waals surface area contributed by atoms with Crippen molar-refractivity contribution in [3.63, 3.8) is 0 Å². The molecule has 0 aliphatic carbocycles. The van der Waals surface area contributed by atoms with Crippen molar-refractivity contribution in [3.05, 3.63) is 42.1 Å². The number of benzene rings is 2. The Hall–Kier alpha value is -3.56. The van der Waals surface area contributed by atoms with E-state index in [1.165, 1.54) is 33.5 Å². The van der Waals surface area contributed by atoms with Crippen molar-refractivity contribution in [2.75, 3.05) is 26.6 Å². The Morgan fingerprint density at radius 3 is 2.34 bits per heavy atom. The molecule has 0 saturated carbocycles. The van der Waals surface area contributed by atoms with E-state index in [1.54, 1.807) is 12.1 Å². The Kier molecular flexibility index (Phi) is 5.44. The number of carbonyl (C=O) groups is 1. The molecule has 154 valence electrons. The molecule has 0 saturated heterocycles. The van der Waals surface area contributed by atoms with Crippen LogP contribution in [0.5, 0.6) is 23.0 Å². The van der Waals surface area contributed by atoms with Crippen LogP contribution in [0.2, 0.25) is 0 Å². The minimum absolute atomic E-state index is 0.131. The summed E-state index contributed by atoms with van der Waals surface area (Å²) in [5, 5.41) is 3.09. The number of nitrogens with one attached hydrogen (secondary N) is 2. The van der Waals surface area contributed by atoms with Crippen LogP contribution in [-0.4, -0.2) is 38.6 Å². The minimum Gasteiger partial charge on any atom is -0.496 e. The summed E-state index contributed by atoms with van der Waals surface area (Å²) in [5.41, 5.74) is 0.752. The van der Waals surface area contributed by atoms with Gasteiger partial charge in [-0.1, -0.05) is 6.07 Å². The molecule has 1 aromatic heterocycles. The first-order valence-corrected chi connectivity index (χ1v) is 8.24. The molecular formula is C19H17F3N2O5. The second-order valence-corrected chi connectivity index (χ2v) is 5.82. The van der Waals surface area contributed by atoms with Gasteiger partial charge in [-0.05, 0) is 18.2 Å². The largest absolute Gasteiger partial charge is 0.573 e. The predicted octanol–water partition coefficient (Wildman–Crippen LogP) is 4.34. The van der Waals surface area contributed by atoms with Crippen molar-refractivity contribution in [1.29, 1.82) is 0 Å². The summed E-state index contributed by atoms with van der Waals surface area (Å²) in [5.74, 6) is 0.215. The Balaban J connectivity index is 1.93.